The van der Waals surface area contributed by atoms with Gasteiger partial charge in [0.1, 0.15) is 5.75 Å². The van der Waals surface area contributed by atoms with Crippen molar-refractivity contribution >= 4 is 46.2 Å². The van der Waals surface area contributed by atoms with E-state index in [4.69, 9.17) is 15.6 Å². The Morgan fingerprint density at radius 1 is 0.938 bits per heavy atom. The molecule has 0 saturated carbocycles. The summed E-state index contributed by atoms with van der Waals surface area (Å²) in [6, 6.07) is 22.4. The second kappa shape index (κ2) is 8.52. The van der Waals surface area contributed by atoms with Crippen LogP contribution in [-0.2, 0) is 0 Å². The molecule has 0 saturated heterocycles. The summed E-state index contributed by atoms with van der Waals surface area (Å²) < 4.78 is 6.97. The number of halogens is 1. The van der Waals surface area contributed by atoms with E-state index in [0.29, 0.717) is 22.9 Å². The molecule has 3 aromatic carbocycles. The van der Waals surface area contributed by atoms with Crippen molar-refractivity contribution < 1.29 is 9.53 Å². The van der Waals surface area contributed by atoms with E-state index in [-0.39, 0.29) is 12.4 Å². The van der Waals surface area contributed by atoms with Crippen LogP contribution in [0.25, 0.3) is 27.8 Å². The SMILES string of the molecule is COc1ccc(-c2nnc3c4ccccc4c(Nc4ccc(C(N)=O)cc4)nn23)cc1.Cl. The van der Waals surface area contributed by atoms with Crippen LogP contribution in [0.1, 0.15) is 10.4 Å². The van der Waals surface area contributed by atoms with Crippen molar-refractivity contribution in [2.45, 2.75) is 0 Å². The van der Waals surface area contributed by atoms with E-state index in [1.54, 1.807) is 35.9 Å². The summed E-state index contributed by atoms with van der Waals surface area (Å²) in [4.78, 5) is 11.3. The fourth-order valence-corrected chi connectivity index (χ4v) is 3.45. The number of methoxy groups -OCH3 is 1. The molecule has 5 aromatic rings. The number of anilines is 2. The highest BCUT2D eigenvalue weighted by molar-refractivity contribution is 6.01. The van der Waals surface area contributed by atoms with E-state index in [1.807, 2.05) is 48.5 Å². The highest BCUT2D eigenvalue weighted by atomic mass is 35.5. The number of nitrogens with two attached hydrogens (primary N) is 1. The van der Waals surface area contributed by atoms with Gasteiger partial charge < -0.3 is 15.8 Å². The summed E-state index contributed by atoms with van der Waals surface area (Å²) in [5, 5.41) is 18.7. The molecular weight excluding hydrogens is 428 g/mol. The van der Waals surface area contributed by atoms with Crippen LogP contribution in [-0.4, -0.2) is 32.8 Å². The summed E-state index contributed by atoms with van der Waals surface area (Å²) in [5.41, 5.74) is 8.09. The zero-order valence-corrected chi connectivity index (χ0v) is 17.8. The van der Waals surface area contributed by atoms with Crippen LogP contribution in [0.2, 0.25) is 0 Å². The minimum atomic E-state index is -0.467. The molecule has 3 N–H and O–H groups in total. The van der Waals surface area contributed by atoms with Gasteiger partial charge >= 0.3 is 0 Å². The van der Waals surface area contributed by atoms with E-state index in [9.17, 15) is 4.79 Å². The van der Waals surface area contributed by atoms with Gasteiger partial charge in [-0.15, -0.1) is 27.7 Å². The lowest BCUT2D eigenvalue weighted by molar-refractivity contribution is 0.100. The molecule has 0 aliphatic carbocycles. The van der Waals surface area contributed by atoms with Gasteiger partial charge in [-0.2, -0.15) is 4.52 Å². The van der Waals surface area contributed by atoms with Crippen molar-refractivity contribution in [3.05, 3.63) is 78.4 Å². The molecule has 0 atom stereocenters. The maximum Gasteiger partial charge on any atom is 0.248 e. The molecule has 5 rings (SSSR count). The standard InChI is InChI=1S/C23H18N6O2.ClH/c1-31-17-12-8-15(9-13-17)22-26-27-23-19-5-3-2-4-18(19)21(28-29(22)23)25-16-10-6-14(7-11-16)20(24)30;/h2-13H,1H3,(H2,24,30)(H,25,28);1H. The van der Waals surface area contributed by atoms with E-state index < -0.39 is 5.91 Å². The third-order valence-electron chi connectivity index (χ3n) is 5.04. The second-order valence-corrected chi connectivity index (χ2v) is 6.95. The van der Waals surface area contributed by atoms with Crippen molar-refractivity contribution in [1.29, 1.82) is 0 Å². The Morgan fingerprint density at radius 2 is 1.62 bits per heavy atom. The predicted molar refractivity (Wildman–Crippen MR) is 126 cm³/mol. The molecule has 1 amide bonds. The monoisotopic (exact) mass is 446 g/mol. The molecule has 8 nitrogen and oxygen atoms in total. The van der Waals surface area contributed by atoms with E-state index in [2.05, 4.69) is 15.5 Å². The number of hydrogen-bond donors (Lipinski definition) is 2. The maximum atomic E-state index is 11.3. The Morgan fingerprint density at radius 3 is 2.28 bits per heavy atom. The molecule has 0 radical (unpaired) electrons. The van der Waals surface area contributed by atoms with E-state index in [0.717, 1.165) is 27.8 Å². The normalized spacial score (nSPS) is 10.7. The van der Waals surface area contributed by atoms with Crippen LogP contribution in [0.15, 0.2) is 72.8 Å². The fourth-order valence-electron chi connectivity index (χ4n) is 3.45. The lowest BCUT2D eigenvalue weighted by atomic mass is 10.1. The minimum Gasteiger partial charge on any atom is -0.497 e. The zero-order valence-electron chi connectivity index (χ0n) is 17.0. The van der Waals surface area contributed by atoms with Crippen LogP contribution in [0.3, 0.4) is 0 Å². The lowest BCUT2D eigenvalue weighted by Crippen LogP contribution is -2.10. The highest BCUT2D eigenvalue weighted by Gasteiger charge is 2.15. The number of aromatic nitrogens is 4. The Labute approximate surface area is 189 Å². The number of fused-ring (bicyclic) bond motifs is 3. The van der Waals surface area contributed by atoms with Crippen molar-refractivity contribution in [3.63, 3.8) is 0 Å². The molecule has 9 heteroatoms. The van der Waals surface area contributed by atoms with Gasteiger partial charge in [0.25, 0.3) is 0 Å². The third-order valence-corrected chi connectivity index (χ3v) is 5.04. The van der Waals surface area contributed by atoms with Crippen LogP contribution in [0.5, 0.6) is 5.75 Å². The first-order valence-electron chi connectivity index (χ1n) is 9.59. The molecule has 2 heterocycles. The van der Waals surface area contributed by atoms with Gasteiger partial charge in [-0.05, 0) is 48.5 Å². The van der Waals surface area contributed by atoms with Crippen LogP contribution < -0.4 is 15.8 Å². The van der Waals surface area contributed by atoms with Crippen molar-refractivity contribution in [2.24, 2.45) is 5.73 Å². The number of rotatable bonds is 5. The molecule has 160 valence electrons. The van der Waals surface area contributed by atoms with Crippen molar-refractivity contribution in [2.75, 3.05) is 12.4 Å². The van der Waals surface area contributed by atoms with Crippen LogP contribution in [0.4, 0.5) is 11.5 Å². The van der Waals surface area contributed by atoms with E-state index in [1.165, 1.54) is 0 Å². The molecule has 0 aliphatic heterocycles. The van der Waals surface area contributed by atoms with Gasteiger partial charge in [0, 0.05) is 27.6 Å². The minimum absolute atomic E-state index is 0. The van der Waals surface area contributed by atoms with Crippen molar-refractivity contribution in [3.8, 4) is 17.1 Å². The van der Waals surface area contributed by atoms with Crippen LogP contribution >= 0.6 is 12.4 Å². The first-order chi connectivity index (χ1) is 15.1. The van der Waals surface area contributed by atoms with E-state index >= 15 is 0 Å². The van der Waals surface area contributed by atoms with Gasteiger partial charge in [0.15, 0.2) is 17.3 Å². The molecule has 0 bridgehead atoms. The van der Waals surface area contributed by atoms with Gasteiger partial charge in [-0.1, -0.05) is 24.3 Å². The summed E-state index contributed by atoms with van der Waals surface area (Å²) in [7, 11) is 1.63. The number of ether oxygens (including phenoxy) is 1. The maximum absolute atomic E-state index is 11.3. The predicted octanol–water partition coefficient (Wildman–Crippen LogP) is 4.22. The number of amides is 1. The van der Waals surface area contributed by atoms with Crippen molar-refractivity contribution in [1.82, 2.24) is 19.8 Å². The number of carbonyl (C=O) groups is 1. The quantitative estimate of drug-likeness (QED) is 0.418. The summed E-state index contributed by atoms with van der Waals surface area (Å²) in [5.74, 6) is 1.56. The second-order valence-electron chi connectivity index (χ2n) is 6.95. The Hall–Kier alpha value is -4.17. The number of hydrogen-bond acceptors (Lipinski definition) is 6. The van der Waals surface area contributed by atoms with Gasteiger partial charge in [-0.25, -0.2) is 0 Å². The average molecular weight is 447 g/mol. The number of nitrogens with zero attached hydrogens (tertiary/aromatic N) is 4. The molecule has 32 heavy (non-hydrogen) atoms. The Balaban J connectivity index is 0.00000245. The lowest BCUT2D eigenvalue weighted by Gasteiger charge is -2.11. The topological polar surface area (TPSA) is 107 Å². The summed E-state index contributed by atoms with van der Waals surface area (Å²) >= 11 is 0. The van der Waals surface area contributed by atoms with Gasteiger partial charge in [0.2, 0.25) is 5.91 Å². The molecule has 2 aromatic heterocycles. The smallest absolute Gasteiger partial charge is 0.248 e. The van der Waals surface area contributed by atoms with Gasteiger partial charge in [-0.3, -0.25) is 4.79 Å². The van der Waals surface area contributed by atoms with Crippen LogP contribution in [0, 0.1) is 0 Å². The molecule has 0 aliphatic rings. The highest BCUT2D eigenvalue weighted by Crippen LogP contribution is 2.29. The number of nitrogens with one attached hydrogen (secondary N) is 1. The zero-order chi connectivity index (χ0) is 21.4. The molecule has 0 unspecified atom stereocenters. The Kier molecular flexibility index (Phi) is 5.61. The summed E-state index contributed by atoms with van der Waals surface area (Å²) in [6.45, 7) is 0. The number of carbonyl (C=O) groups excluding carboxylic acids is 1. The summed E-state index contributed by atoms with van der Waals surface area (Å²) in [6.07, 6.45) is 0. The largest absolute Gasteiger partial charge is 0.497 e. The fraction of sp³-hybridized carbons (Fsp3) is 0.0435. The molecular formula is C23H19ClN6O2. The third kappa shape index (κ3) is 3.67. The molecule has 0 spiro atoms. The van der Waals surface area contributed by atoms with Gasteiger partial charge in [0.05, 0.1) is 7.11 Å². The first-order valence-corrected chi connectivity index (χ1v) is 9.59. The first kappa shape index (κ1) is 21.1. The Bertz CT molecular complexity index is 1410. The average Bonchev–Trinajstić information content (AvgIpc) is 3.24. The number of benzene rings is 3. The number of primary amides is 1. The molecule has 0 fully saturated rings.